The van der Waals surface area contributed by atoms with E-state index in [1.54, 1.807) is 25.3 Å². The van der Waals surface area contributed by atoms with Crippen molar-refractivity contribution < 1.29 is 23.8 Å². The molecule has 0 aliphatic carbocycles. The second-order valence-corrected chi connectivity index (χ2v) is 3.65. The summed E-state index contributed by atoms with van der Waals surface area (Å²) in [5, 5.41) is 2.61. The van der Waals surface area contributed by atoms with Crippen LogP contribution in [0.25, 0.3) is 0 Å². The molecule has 19 heavy (non-hydrogen) atoms. The summed E-state index contributed by atoms with van der Waals surface area (Å²) in [5.74, 6) is 0.591. The largest absolute Gasteiger partial charge is 0.497 e. The molecule has 104 valence electrons. The summed E-state index contributed by atoms with van der Waals surface area (Å²) in [7, 11) is 3.06. The van der Waals surface area contributed by atoms with Crippen LogP contribution in [0.3, 0.4) is 0 Å². The third-order valence-corrected chi connectivity index (χ3v) is 2.33. The van der Waals surface area contributed by atoms with Crippen LogP contribution in [0.1, 0.15) is 10.4 Å². The Morgan fingerprint density at radius 1 is 1.37 bits per heavy atom. The lowest BCUT2D eigenvalue weighted by Crippen LogP contribution is -2.31. The van der Waals surface area contributed by atoms with Crippen LogP contribution in [0.5, 0.6) is 11.5 Å². The van der Waals surface area contributed by atoms with Gasteiger partial charge in [-0.15, -0.1) is 0 Å². The van der Waals surface area contributed by atoms with Gasteiger partial charge in [-0.1, -0.05) is 0 Å². The number of amides is 1. The van der Waals surface area contributed by atoms with Gasteiger partial charge in [0.2, 0.25) is 0 Å². The first-order valence-electron chi connectivity index (χ1n) is 5.73. The summed E-state index contributed by atoms with van der Waals surface area (Å²) in [6, 6.07) is 4.78. The number of benzene rings is 1. The van der Waals surface area contributed by atoms with Crippen molar-refractivity contribution in [2.24, 2.45) is 0 Å². The minimum atomic E-state index is -0.281. The Kier molecular flexibility index (Phi) is 6.38. The van der Waals surface area contributed by atoms with Crippen LogP contribution in [0.4, 0.5) is 0 Å². The van der Waals surface area contributed by atoms with Crippen molar-refractivity contribution in [1.82, 2.24) is 5.32 Å². The molecule has 1 amide bonds. The van der Waals surface area contributed by atoms with E-state index in [2.05, 4.69) is 5.32 Å². The van der Waals surface area contributed by atoms with E-state index < -0.39 is 0 Å². The van der Waals surface area contributed by atoms with E-state index in [-0.39, 0.29) is 12.5 Å². The number of carbonyl (C=O) groups excluding carboxylic acids is 2. The average Bonchev–Trinajstić information content (AvgIpc) is 2.45. The monoisotopic (exact) mass is 267 g/mol. The maximum atomic E-state index is 11.4. The Bertz CT molecular complexity index is 433. The van der Waals surface area contributed by atoms with Crippen molar-refractivity contribution in [3.8, 4) is 11.5 Å². The van der Waals surface area contributed by atoms with E-state index in [1.165, 1.54) is 7.11 Å². The molecule has 0 saturated carbocycles. The lowest BCUT2D eigenvalue weighted by Gasteiger charge is -2.10. The molecule has 0 fully saturated rings. The van der Waals surface area contributed by atoms with E-state index in [1.807, 2.05) is 0 Å². The Labute approximate surface area is 111 Å². The van der Waals surface area contributed by atoms with Crippen LogP contribution >= 0.6 is 0 Å². The van der Waals surface area contributed by atoms with Gasteiger partial charge in [0.25, 0.3) is 5.91 Å². The smallest absolute Gasteiger partial charge is 0.258 e. The van der Waals surface area contributed by atoms with Gasteiger partial charge in [-0.3, -0.25) is 9.59 Å². The quantitative estimate of drug-likeness (QED) is 0.553. The van der Waals surface area contributed by atoms with Gasteiger partial charge in [-0.2, -0.15) is 0 Å². The number of rotatable bonds is 8. The predicted molar refractivity (Wildman–Crippen MR) is 68.8 cm³/mol. The standard InChI is InChI=1S/C13H17NO5/c1-17-6-5-14-13(16)9-19-12-7-11(18-2)4-3-10(12)8-15/h3-4,7-8H,5-6,9H2,1-2H3,(H,14,16). The van der Waals surface area contributed by atoms with E-state index in [0.29, 0.717) is 36.5 Å². The van der Waals surface area contributed by atoms with E-state index in [4.69, 9.17) is 14.2 Å². The topological polar surface area (TPSA) is 73.9 Å². The van der Waals surface area contributed by atoms with Crippen molar-refractivity contribution in [1.29, 1.82) is 0 Å². The van der Waals surface area contributed by atoms with Gasteiger partial charge in [0.1, 0.15) is 11.5 Å². The number of aldehydes is 1. The van der Waals surface area contributed by atoms with E-state index >= 15 is 0 Å². The van der Waals surface area contributed by atoms with E-state index in [0.717, 1.165) is 0 Å². The lowest BCUT2D eigenvalue weighted by molar-refractivity contribution is -0.123. The number of hydrogen-bond acceptors (Lipinski definition) is 5. The SMILES string of the molecule is COCCNC(=O)COc1cc(OC)ccc1C=O. The number of ether oxygens (including phenoxy) is 3. The molecule has 6 heteroatoms. The second-order valence-electron chi connectivity index (χ2n) is 3.65. The van der Waals surface area contributed by atoms with Crippen molar-refractivity contribution in [3.63, 3.8) is 0 Å². The Morgan fingerprint density at radius 2 is 2.16 bits per heavy atom. The summed E-state index contributed by atoms with van der Waals surface area (Å²) in [6.07, 6.45) is 0.664. The highest BCUT2D eigenvalue weighted by atomic mass is 16.5. The molecule has 1 N–H and O–H groups in total. The van der Waals surface area contributed by atoms with Crippen LogP contribution in [-0.2, 0) is 9.53 Å². The fraction of sp³-hybridized carbons (Fsp3) is 0.385. The van der Waals surface area contributed by atoms with Crippen molar-refractivity contribution in [2.75, 3.05) is 34.0 Å². The van der Waals surface area contributed by atoms with Gasteiger partial charge >= 0.3 is 0 Å². The van der Waals surface area contributed by atoms with Crippen LogP contribution in [0.2, 0.25) is 0 Å². The first-order valence-corrected chi connectivity index (χ1v) is 5.73. The molecule has 1 aromatic rings. The molecule has 0 aliphatic rings. The minimum absolute atomic E-state index is 0.169. The highest BCUT2D eigenvalue weighted by molar-refractivity contribution is 5.81. The fourth-order valence-corrected chi connectivity index (χ4v) is 1.35. The normalized spacial score (nSPS) is 9.79. The molecule has 0 unspecified atom stereocenters. The molecular formula is C13H17NO5. The van der Waals surface area contributed by atoms with Crippen LogP contribution < -0.4 is 14.8 Å². The molecule has 0 bridgehead atoms. The number of hydrogen-bond donors (Lipinski definition) is 1. The number of nitrogens with one attached hydrogen (secondary N) is 1. The third-order valence-electron chi connectivity index (χ3n) is 2.33. The summed E-state index contributed by atoms with van der Waals surface area (Å²) < 4.78 is 15.1. The predicted octanol–water partition coefficient (Wildman–Crippen LogP) is 0.649. The molecule has 0 spiro atoms. The molecule has 0 saturated heterocycles. The molecule has 0 atom stereocenters. The second kappa shape index (κ2) is 8.10. The van der Waals surface area contributed by atoms with E-state index in [9.17, 15) is 9.59 Å². The van der Waals surface area contributed by atoms with Gasteiger partial charge in [-0.25, -0.2) is 0 Å². The zero-order valence-corrected chi connectivity index (χ0v) is 11.0. The summed E-state index contributed by atoms with van der Waals surface area (Å²) >= 11 is 0. The molecule has 0 heterocycles. The maximum Gasteiger partial charge on any atom is 0.258 e. The maximum absolute atomic E-state index is 11.4. The molecule has 0 aromatic heterocycles. The summed E-state index contributed by atoms with van der Waals surface area (Å²) in [5.41, 5.74) is 0.366. The zero-order chi connectivity index (χ0) is 14.1. The van der Waals surface area contributed by atoms with Gasteiger partial charge in [0.15, 0.2) is 12.9 Å². The Morgan fingerprint density at radius 3 is 2.79 bits per heavy atom. The Hall–Kier alpha value is -2.08. The number of methoxy groups -OCH3 is 2. The zero-order valence-electron chi connectivity index (χ0n) is 11.0. The fourth-order valence-electron chi connectivity index (χ4n) is 1.35. The van der Waals surface area contributed by atoms with Crippen molar-refractivity contribution >= 4 is 12.2 Å². The molecule has 0 aliphatic heterocycles. The minimum Gasteiger partial charge on any atom is -0.497 e. The Balaban J connectivity index is 2.55. The average molecular weight is 267 g/mol. The van der Waals surface area contributed by atoms with Crippen molar-refractivity contribution in [3.05, 3.63) is 23.8 Å². The first-order chi connectivity index (χ1) is 9.21. The summed E-state index contributed by atoms with van der Waals surface area (Å²) in [6.45, 7) is 0.680. The number of carbonyl (C=O) groups is 2. The van der Waals surface area contributed by atoms with Crippen LogP contribution in [0.15, 0.2) is 18.2 Å². The highest BCUT2D eigenvalue weighted by Crippen LogP contribution is 2.23. The molecule has 1 rings (SSSR count). The highest BCUT2D eigenvalue weighted by Gasteiger charge is 2.08. The van der Waals surface area contributed by atoms with Gasteiger partial charge < -0.3 is 19.5 Å². The van der Waals surface area contributed by atoms with Gasteiger partial charge in [-0.05, 0) is 12.1 Å². The molecule has 0 radical (unpaired) electrons. The molecular weight excluding hydrogens is 250 g/mol. The molecule has 1 aromatic carbocycles. The third kappa shape index (κ3) is 4.97. The first kappa shape index (κ1) is 15.0. The van der Waals surface area contributed by atoms with Crippen LogP contribution in [0, 0.1) is 0 Å². The van der Waals surface area contributed by atoms with Gasteiger partial charge in [0.05, 0.1) is 19.3 Å². The van der Waals surface area contributed by atoms with Gasteiger partial charge in [0, 0.05) is 19.7 Å². The van der Waals surface area contributed by atoms with Crippen LogP contribution in [-0.4, -0.2) is 46.2 Å². The molecule has 6 nitrogen and oxygen atoms in total. The van der Waals surface area contributed by atoms with Crippen molar-refractivity contribution in [2.45, 2.75) is 0 Å². The summed E-state index contributed by atoms with van der Waals surface area (Å²) in [4.78, 5) is 22.3. The lowest BCUT2D eigenvalue weighted by atomic mass is 10.2.